The van der Waals surface area contributed by atoms with Gasteiger partial charge in [-0.15, -0.1) is 11.3 Å². The van der Waals surface area contributed by atoms with Gasteiger partial charge in [-0.3, -0.25) is 4.79 Å². The first-order valence-electron chi connectivity index (χ1n) is 6.05. The van der Waals surface area contributed by atoms with E-state index >= 15 is 0 Å². The van der Waals surface area contributed by atoms with Gasteiger partial charge in [0.1, 0.15) is 0 Å². The second-order valence-corrected chi connectivity index (χ2v) is 6.64. The number of hydrogen-bond donors (Lipinski definition) is 1. The van der Waals surface area contributed by atoms with Gasteiger partial charge in [0.05, 0.1) is 16.0 Å². The minimum atomic E-state index is 0.0612. The number of thioether (sulfide) groups is 1. The first-order chi connectivity index (χ1) is 9.15. The smallest absolute Gasteiger partial charge is 0.230 e. The summed E-state index contributed by atoms with van der Waals surface area (Å²) in [5.41, 5.74) is 1.00. The maximum atomic E-state index is 11.6. The van der Waals surface area contributed by atoms with E-state index in [9.17, 15) is 4.79 Å². The summed E-state index contributed by atoms with van der Waals surface area (Å²) >= 11 is 3.13. The second kappa shape index (κ2) is 6.88. The number of thiazole rings is 1. The van der Waals surface area contributed by atoms with E-state index < -0.39 is 0 Å². The molecule has 6 heteroatoms. The average Bonchev–Trinajstić information content (AvgIpc) is 2.78. The number of benzene rings is 1. The van der Waals surface area contributed by atoms with Crippen molar-refractivity contribution < 1.29 is 4.79 Å². The van der Waals surface area contributed by atoms with Gasteiger partial charge in [0.25, 0.3) is 0 Å². The van der Waals surface area contributed by atoms with Crippen molar-refractivity contribution in [2.45, 2.75) is 4.34 Å². The Morgan fingerprint density at radius 2 is 2.21 bits per heavy atom. The molecule has 102 valence electrons. The highest BCUT2D eigenvalue weighted by Gasteiger charge is 2.07. The number of aromatic nitrogens is 1. The zero-order valence-electron chi connectivity index (χ0n) is 11.0. The third-order valence-electron chi connectivity index (χ3n) is 2.48. The summed E-state index contributed by atoms with van der Waals surface area (Å²) in [5.74, 6) is 0.485. The summed E-state index contributed by atoms with van der Waals surface area (Å²) in [7, 11) is 3.98. The van der Waals surface area contributed by atoms with Crippen molar-refractivity contribution in [2.75, 3.05) is 32.9 Å². The molecule has 0 unspecified atom stereocenters. The van der Waals surface area contributed by atoms with Gasteiger partial charge in [-0.05, 0) is 26.2 Å². The van der Waals surface area contributed by atoms with Gasteiger partial charge in [0.2, 0.25) is 5.91 Å². The summed E-state index contributed by atoms with van der Waals surface area (Å²) in [6, 6.07) is 8.02. The zero-order chi connectivity index (χ0) is 13.7. The number of fused-ring (bicyclic) bond motifs is 1. The van der Waals surface area contributed by atoms with Crippen LogP contribution in [0.5, 0.6) is 0 Å². The molecule has 0 atom stereocenters. The number of carbonyl (C=O) groups is 1. The molecule has 19 heavy (non-hydrogen) atoms. The minimum absolute atomic E-state index is 0.0612. The first-order valence-corrected chi connectivity index (χ1v) is 7.85. The van der Waals surface area contributed by atoms with Crippen molar-refractivity contribution in [2.24, 2.45) is 0 Å². The number of hydrogen-bond acceptors (Lipinski definition) is 5. The van der Waals surface area contributed by atoms with E-state index in [1.165, 1.54) is 11.8 Å². The zero-order valence-corrected chi connectivity index (χ0v) is 12.7. The Hall–Kier alpha value is -1.11. The molecule has 0 radical (unpaired) electrons. The fourth-order valence-corrected chi connectivity index (χ4v) is 3.41. The molecule has 2 rings (SSSR count). The highest BCUT2D eigenvalue weighted by Crippen LogP contribution is 2.28. The van der Waals surface area contributed by atoms with Gasteiger partial charge in [0, 0.05) is 13.1 Å². The summed E-state index contributed by atoms with van der Waals surface area (Å²) < 4.78 is 2.11. The maximum absolute atomic E-state index is 11.6. The van der Waals surface area contributed by atoms with Gasteiger partial charge < -0.3 is 10.2 Å². The van der Waals surface area contributed by atoms with Crippen LogP contribution in [0.15, 0.2) is 28.6 Å². The Morgan fingerprint density at radius 1 is 1.42 bits per heavy atom. The Kier molecular flexibility index (Phi) is 5.18. The molecule has 1 amide bonds. The van der Waals surface area contributed by atoms with Crippen LogP contribution in [0.25, 0.3) is 10.2 Å². The van der Waals surface area contributed by atoms with Crippen molar-refractivity contribution in [3.05, 3.63) is 24.3 Å². The van der Waals surface area contributed by atoms with E-state index in [4.69, 9.17) is 0 Å². The standard InChI is InChI=1S/C13H17N3OS2/c1-16(2)8-7-14-12(17)9-18-13-15-10-5-3-4-6-11(10)19-13/h3-6H,7-9H2,1-2H3,(H,14,17). The third-order valence-corrected chi connectivity index (χ3v) is 4.66. The van der Waals surface area contributed by atoms with Crippen molar-refractivity contribution in [1.82, 2.24) is 15.2 Å². The third kappa shape index (κ3) is 4.49. The maximum Gasteiger partial charge on any atom is 0.230 e. The van der Waals surface area contributed by atoms with E-state index in [1.807, 2.05) is 43.3 Å². The predicted molar refractivity (Wildman–Crippen MR) is 81.9 cm³/mol. The molecule has 0 saturated heterocycles. The molecule has 1 aromatic heterocycles. The molecule has 2 aromatic rings. The van der Waals surface area contributed by atoms with Crippen LogP contribution in [0.3, 0.4) is 0 Å². The Bertz CT molecular complexity index is 521. The molecule has 0 aliphatic carbocycles. The minimum Gasteiger partial charge on any atom is -0.354 e. The summed E-state index contributed by atoms with van der Waals surface area (Å²) in [6.07, 6.45) is 0. The highest BCUT2D eigenvalue weighted by molar-refractivity contribution is 8.01. The van der Waals surface area contributed by atoms with Crippen LogP contribution in [-0.4, -0.2) is 48.7 Å². The number of carbonyl (C=O) groups excluding carboxylic acids is 1. The van der Waals surface area contributed by atoms with E-state index in [-0.39, 0.29) is 5.91 Å². The fourth-order valence-electron chi connectivity index (χ4n) is 1.51. The van der Waals surface area contributed by atoms with Crippen molar-refractivity contribution in [3.8, 4) is 0 Å². The van der Waals surface area contributed by atoms with Gasteiger partial charge in [-0.25, -0.2) is 4.98 Å². The largest absolute Gasteiger partial charge is 0.354 e. The van der Waals surface area contributed by atoms with Crippen LogP contribution in [0, 0.1) is 0 Å². The van der Waals surface area contributed by atoms with Crippen LogP contribution in [0.4, 0.5) is 0 Å². The lowest BCUT2D eigenvalue weighted by Gasteiger charge is -2.09. The normalized spacial score (nSPS) is 11.1. The Labute approximate surface area is 121 Å². The van der Waals surface area contributed by atoms with E-state index in [0.717, 1.165) is 21.1 Å². The van der Waals surface area contributed by atoms with Crippen LogP contribution >= 0.6 is 23.1 Å². The molecule has 0 fully saturated rings. The van der Waals surface area contributed by atoms with Crippen molar-refractivity contribution in [1.29, 1.82) is 0 Å². The summed E-state index contributed by atoms with van der Waals surface area (Å²) in [5, 5.41) is 2.89. The average molecular weight is 295 g/mol. The van der Waals surface area contributed by atoms with E-state index in [1.54, 1.807) is 11.3 Å². The van der Waals surface area contributed by atoms with E-state index in [0.29, 0.717) is 12.3 Å². The summed E-state index contributed by atoms with van der Waals surface area (Å²) in [6.45, 7) is 1.55. The molecule has 1 N–H and O–H groups in total. The number of amides is 1. The molecular formula is C13H17N3OS2. The number of nitrogens with one attached hydrogen (secondary N) is 1. The molecule has 0 bridgehead atoms. The lowest BCUT2D eigenvalue weighted by molar-refractivity contribution is -0.118. The molecular weight excluding hydrogens is 278 g/mol. The van der Waals surface area contributed by atoms with Gasteiger partial charge in [-0.2, -0.15) is 0 Å². The topological polar surface area (TPSA) is 45.2 Å². The van der Waals surface area contributed by atoms with Crippen LogP contribution in [0.2, 0.25) is 0 Å². The SMILES string of the molecule is CN(C)CCNC(=O)CSc1nc2ccccc2s1. The molecule has 4 nitrogen and oxygen atoms in total. The molecule has 0 aliphatic heterocycles. The molecule has 0 saturated carbocycles. The van der Waals surface area contributed by atoms with Gasteiger partial charge >= 0.3 is 0 Å². The molecule has 0 aliphatic rings. The van der Waals surface area contributed by atoms with Gasteiger partial charge in [-0.1, -0.05) is 23.9 Å². The quantitative estimate of drug-likeness (QED) is 0.829. The van der Waals surface area contributed by atoms with E-state index in [2.05, 4.69) is 10.3 Å². The van der Waals surface area contributed by atoms with Gasteiger partial charge in [0.15, 0.2) is 4.34 Å². The predicted octanol–water partition coefficient (Wildman–Crippen LogP) is 2.07. The number of rotatable bonds is 6. The van der Waals surface area contributed by atoms with Crippen molar-refractivity contribution >= 4 is 39.2 Å². The van der Waals surface area contributed by atoms with Crippen LogP contribution in [-0.2, 0) is 4.79 Å². The first kappa shape index (κ1) is 14.3. The van der Waals surface area contributed by atoms with Crippen LogP contribution in [0.1, 0.15) is 0 Å². The molecule has 0 spiro atoms. The van der Waals surface area contributed by atoms with Crippen molar-refractivity contribution in [3.63, 3.8) is 0 Å². The second-order valence-electron chi connectivity index (χ2n) is 4.39. The summed E-state index contributed by atoms with van der Waals surface area (Å²) in [4.78, 5) is 18.2. The Morgan fingerprint density at radius 3 is 2.95 bits per heavy atom. The molecule has 1 aromatic carbocycles. The number of para-hydroxylation sites is 1. The lowest BCUT2D eigenvalue weighted by atomic mass is 10.3. The lowest BCUT2D eigenvalue weighted by Crippen LogP contribution is -2.32. The Balaban J connectivity index is 1.80. The molecule has 1 heterocycles. The fraction of sp³-hybridized carbons (Fsp3) is 0.385. The number of likely N-dealkylation sites (N-methyl/N-ethyl adjacent to an activating group) is 1. The monoisotopic (exact) mass is 295 g/mol. The highest BCUT2D eigenvalue weighted by atomic mass is 32.2. The number of nitrogens with zero attached hydrogens (tertiary/aromatic N) is 2. The van der Waals surface area contributed by atoms with Crippen LogP contribution < -0.4 is 5.32 Å².